The molecule has 0 saturated carbocycles. The molecular weight excluding hydrogens is 380 g/mol. The average Bonchev–Trinajstić information content (AvgIpc) is 2.69. The predicted molar refractivity (Wildman–Crippen MR) is 101 cm³/mol. The van der Waals surface area contributed by atoms with Gasteiger partial charge in [-0.1, -0.05) is 36.4 Å². The van der Waals surface area contributed by atoms with Crippen LogP contribution in [0.4, 0.5) is 13.6 Å². The average molecular weight is 403 g/mol. The summed E-state index contributed by atoms with van der Waals surface area (Å²) in [7, 11) is 0. The van der Waals surface area contributed by atoms with Crippen molar-refractivity contribution in [3.8, 4) is 0 Å². The molecule has 2 saturated heterocycles. The lowest BCUT2D eigenvalue weighted by molar-refractivity contribution is -0.133. The first-order valence-electron chi connectivity index (χ1n) is 9.67. The van der Waals surface area contributed by atoms with Crippen LogP contribution in [0.2, 0.25) is 0 Å². The van der Waals surface area contributed by atoms with E-state index in [9.17, 15) is 18.7 Å². The summed E-state index contributed by atoms with van der Waals surface area (Å²) in [5, 5.41) is 11.1. The van der Waals surface area contributed by atoms with Crippen LogP contribution in [0.3, 0.4) is 0 Å². The van der Waals surface area contributed by atoms with Gasteiger partial charge in [0.2, 0.25) is 0 Å². The van der Waals surface area contributed by atoms with Gasteiger partial charge < -0.3 is 14.6 Å². The molecule has 2 bridgehead atoms. The number of halogens is 2. The second kappa shape index (κ2) is 8.08. The zero-order valence-corrected chi connectivity index (χ0v) is 15.9. The Morgan fingerprint density at radius 2 is 1.69 bits per heavy atom. The van der Waals surface area contributed by atoms with Crippen molar-refractivity contribution in [1.82, 2.24) is 4.90 Å². The van der Waals surface area contributed by atoms with Crippen LogP contribution in [-0.2, 0) is 22.5 Å². The van der Waals surface area contributed by atoms with Gasteiger partial charge in [-0.15, -0.1) is 0 Å². The van der Waals surface area contributed by atoms with Gasteiger partial charge in [0.05, 0.1) is 30.9 Å². The Hall–Kier alpha value is -2.51. The van der Waals surface area contributed by atoms with Crippen LogP contribution >= 0.6 is 0 Å². The molecule has 2 atom stereocenters. The van der Waals surface area contributed by atoms with E-state index < -0.39 is 35.4 Å². The van der Waals surface area contributed by atoms with Crippen molar-refractivity contribution in [1.29, 1.82) is 0 Å². The minimum Gasteiger partial charge on any atom is -0.445 e. The summed E-state index contributed by atoms with van der Waals surface area (Å²) >= 11 is 0. The van der Waals surface area contributed by atoms with E-state index in [1.807, 2.05) is 30.3 Å². The number of aliphatic hydroxyl groups is 1. The van der Waals surface area contributed by atoms with E-state index in [2.05, 4.69) is 0 Å². The van der Waals surface area contributed by atoms with Gasteiger partial charge >= 0.3 is 6.09 Å². The third-order valence-corrected chi connectivity index (χ3v) is 5.62. The summed E-state index contributed by atoms with van der Waals surface area (Å²) < 4.78 is 39.2. The summed E-state index contributed by atoms with van der Waals surface area (Å²) in [5.41, 5.74) is -0.571. The van der Waals surface area contributed by atoms with Gasteiger partial charge in [0.15, 0.2) is 0 Å². The quantitative estimate of drug-likeness (QED) is 0.850. The summed E-state index contributed by atoms with van der Waals surface area (Å²) in [6.07, 6.45) is -0.285. The molecule has 2 aliphatic rings. The molecule has 1 amide bonds. The highest BCUT2D eigenvalue weighted by Crippen LogP contribution is 2.37. The Labute approximate surface area is 167 Å². The maximum atomic E-state index is 14.1. The van der Waals surface area contributed by atoms with Gasteiger partial charge in [-0.05, 0) is 30.5 Å². The summed E-state index contributed by atoms with van der Waals surface area (Å²) in [6.45, 7) is 0.652. The number of hydrogen-bond acceptors (Lipinski definition) is 4. The highest BCUT2D eigenvalue weighted by molar-refractivity contribution is 5.69. The third kappa shape index (κ3) is 4.26. The minimum atomic E-state index is -1.32. The molecule has 0 spiro atoms. The van der Waals surface area contributed by atoms with Crippen LogP contribution in [0.5, 0.6) is 0 Å². The Bertz CT molecular complexity index is 842. The number of benzene rings is 2. The van der Waals surface area contributed by atoms with E-state index in [1.54, 1.807) is 4.90 Å². The fourth-order valence-electron chi connectivity index (χ4n) is 4.34. The zero-order valence-electron chi connectivity index (χ0n) is 15.9. The number of fused-ring (bicyclic) bond motifs is 2. The largest absolute Gasteiger partial charge is 0.445 e. The van der Waals surface area contributed by atoms with Crippen LogP contribution < -0.4 is 0 Å². The van der Waals surface area contributed by atoms with Crippen LogP contribution in [0.1, 0.15) is 24.0 Å². The molecule has 5 nitrogen and oxygen atoms in total. The molecule has 29 heavy (non-hydrogen) atoms. The lowest BCUT2D eigenvalue weighted by Gasteiger charge is -2.51. The van der Waals surface area contributed by atoms with Crippen molar-refractivity contribution in [3.05, 3.63) is 71.3 Å². The summed E-state index contributed by atoms with van der Waals surface area (Å²) in [6, 6.07) is 12.2. The maximum absolute atomic E-state index is 14.1. The molecule has 1 N–H and O–H groups in total. The number of carbonyl (C=O) groups excluding carboxylic acids is 1. The molecule has 154 valence electrons. The third-order valence-electron chi connectivity index (χ3n) is 5.62. The Morgan fingerprint density at radius 3 is 2.31 bits per heavy atom. The van der Waals surface area contributed by atoms with Crippen molar-refractivity contribution in [2.24, 2.45) is 0 Å². The number of nitrogens with zero attached hydrogens (tertiary/aromatic N) is 1. The Balaban J connectivity index is 1.46. The van der Waals surface area contributed by atoms with E-state index in [-0.39, 0.29) is 44.6 Å². The van der Waals surface area contributed by atoms with Crippen LogP contribution in [-0.4, -0.2) is 47.0 Å². The number of hydrogen-bond donors (Lipinski definition) is 1. The number of piperidine rings is 1. The first kappa shape index (κ1) is 19.8. The molecule has 2 unspecified atom stereocenters. The van der Waals surface area contributed by atoms with Gasteiger partial charge in [0.25, 0.3) is 0 Å². The van der Waals surface area contributed by atoms with Crippen molar-refractivity contribution in [3.63, 3.8) is 0 Å². The zero-order chi connectivity index (χ0) is 20.4. The fraction of sp³-hybridized carbons (Fsp3) is 0.409. The number of amides is 1. The molecule has 7 heteroatoms. The monoisotopic (exact) mass is 403 g/mol. The summed E-state index contributed by atoms with van der Waals surface area (Å²) in [5.74, 6) is -1.35. The highest BCUT2D eigenvalue weighted by atomic mass is 19.1. The second-order valence-electron chi connectivity index (χ2n) is 7.80. The van der Waals surface area contributed by atoms with Crippen LogP contribution in [0.25, 0.3) is 0 Å². The molecule has 2 aromatic carbocycles. The van der Waals surface area contributed by atoms with Crippen molar-refractivity contribution in [2.45, 2.75) is 43.6 Å². The fourth-order valence-corrected chi connectivity index (χ4v) is 4.34. The molecule has 2 fully saturated rings. The van der Waals surface area contributed by atoms with Crippen molar-refractivity contribution < 1.29 is 28.2 Å². The van der Waals surface area contributed by atoms with Crippen molar-refractivity contribution in [2.75, 3.05) is 13.2 Å². The molecule has 4 rings (SSSR count). The summed E-state index contributed by atoms with van der Waals surface area (Å²) in [4.78, 5) is 14.3. The van der Waals surface area contributed by atoms with E-state index in [0.29, 0.717) is 0 Å². The first-order chi connectivity index (χ1) is 14.0. The topological polar surface area (TPSA) is 59.0 Å². The Morgan fingerprint density at radius 1 is 1.07 bits per heavy atom. The van der Waals surface area contributed by atoms with E-state index >= 15 is 0 Å². The normalized spacial score (nSPS) is 26.2. The number of carbonyl (C=O) groups is 1. The molecule has 0 aromatic heterocycles. The standard InChI is InChI=1S/C22H23F2NO4/c23-19-7-4-8-20(24)18(19)11-22(27)9-16-13-28-14-17(10-22)25(16)21(26)29-12-15-5-2-1-3-6-15/h1-8,16-17,27H,9-14H2. The highest BCUT2D eigenvalue weighted by Gasteiger charge is 2.49. The van der Waals surface area contributed by atoms with E-state index in [4.69, 9.17) is 9.47 Å². The van der Waals surface area contributed by atoms with Gasteiger partial charge in [-0.25, -0.2) is 13.6 Å². The lowest BCUT2D eigenvalue weighted by Crippen LogP contribution is -2.64. The maximum Gasteiger partial charge on any atom is 0.410 e. The first-order valence-corrected chi connectivity index (χ1v) is 9.67. The number of ether oxygens (including phenoxy) is 2. The molecule has 2 aromatic rings. The van der Waals surface area contributed by atoms with Gasteiger partial charge in [-0.3, -0.25) is 4.90 Å². The van der Waals surface area contributed by atoms with Crippen LogP contribution in [0.15, 0.2) is 48.5 Å². The van der Waals surface area contributed by atoms with Gasteiger partial charge in [-0.2, -0.15) is 0 Å². The molecular formula is C22H23F2NO4. The van der Waals surface area contributed by atoms with Gasteiger partial charge in [0, 0.05) is 12.0 Å². The number of rotatable bonds is 4. The molecule has 2 aliphatic heterocycles. The smallest absolute Gasteiger partial charge is 0.410 e. The van der Waals surface area contributed by atoms with Crippen LogP contribution in [0, 0.1) is 11.6 Å². The second-order valence-corrected chi connectivity index (χ2v) is 7.80. The van der Waals surface area contributed by atoms with Crippen molar-refractivity contribution >= 4 is 6.09 Å². The molecule has 0 radical (unpaired) electrons. The Kier molecular flexibility index (Phi) is 5.52. The minimum absolute atomic E-state index is 0.130. The van der Waals surface area contributed by atoms with E-state index in [1.165, 1.54) is 18.2 Å². The molecule has 0 aliphatic carbocycles. The SMILES string of the molecule is O=C(OCc1ccccc1)N1C2COCC1CC(O)(Cc1c(F)cccc1F)C2. The van der Waals surface area contributed by atoms with Gasteiger partial charge in [0.1, 0.15) is 18.2 Å². The predicted octanol–water partition coefficient (Wildman–Crippen LogP) is 3.44. The lowest BCUT2D eigenvalue weighted by atomic mass is 9.77. The number of morpholine rings is 1. The molecule has 2 heterocycles. The van der Waals surface area contributed by atoms with E-state index in [0.717, 1.165) is 5.56 Å².